The van der Waals surface area contributed by atoms with Crippen molar-refractivity contribution < 1.29 is 14.4 Å². The molecule has 2 rings (SSSR count). The Hall–Kier alpha value is -1.99. The Morgan fingerprint density at radius 3 is 2.90 bits per heavy atom. The van der Waals surface area contributed by atoms with Gasteiger partial charge in [0.1, 0.15) is 17.7 Å². The summed E-state index contributed by atoms with van der Waals surface area (Å²) in [6, 6.07) is 5.01. The molecule has 1 aromatic carbocycles. The number of rotatable bonds is 6. The van der Waals surface area contributed by atoms with Crippen molar-refractivity contribution in [2.45, 2.75) is 26.6 Å². The molecule has 112 valence electrons. The third kappa shape index (κ3) is 3.56. The lowest BCUT2D eigenvalue weighted by molar-refractivity contribution is -0.386. The van der Waals surface area contributed by atoms with E-state index in [0.717, 1.165) is 10.7 Å². The second-order valence-corrected chi connectivity index (χ2v) is 5.41. The van der Waals surface area contributed by atoms with Crippen molar-refractivity contribution in [3.8, 4) is 5.75 Å². The Bertz CT molecular complexity index is 642. The van der Waals surface area contributed by atoms with Crippen LogP contribution in [0.4, 0.5) is 5.69 Å². The van der Waals surface area contributed by atoms with Crippen molar-refractivity contribution >= 4 is 17.0 Å². The van der Waals surface area contributed by atoms with Crippen LogP contribution >= 0.6 is 11.3 Å². The van der Waals surface area contributed by atoms with Gasteiger partial charge < -0.3 is 9.47 Å². The van der Waals surface area contributed by atoms with Crippen LogP contribution in [0.1, 0.15) is 29.3 Å². The standard InChI is InChI=1S/C14H16N2O4S/c1-9-5-4-6-12(13(9)16(17)18)20-7-11-8-21-14(15-11)10(2)19-3/h4-6,8,10H,7H2,1-3H3/t10-/m0/s1. The van der Waals surface area contributed by atoms with E-state index in [1.165, 1.54) is 11.3 Å². The molecule has 1 atom stereocenters. The average Bonchev–Trinajstić information content (AvgIpc) is 2.92. The predicted molar refractivity (Wildman–Crippen MR) is 79.7 cm³/mol. The molecule has 7 heteroatoms. The highest BCUT2D eigenvalue weighted by atomic mass is 32.1. The van der Waals surface area contributed by atoms with Crippen LogP contribution < -0.4 is 4.74 Å². The first-order chi connectivity index (χ1) is 10.0. The number of nitro benzene ring substituents is 1. The molecule has 0 saturated carbocycles. The van der Waals surface area contributed by atoms with E-state index in [4.69, 9.17) is 9.47 Å². The molecule has 0 aliphatic rings. The van der Waals surface area contributed by atoms with Crippen LogP contribution in [-0.4, -0.2) is 17.0 Å². The van der Waals surface area contributed by atoms with E-state index in [9.17, 15) is 10.1 Å². The number of hydrogen-bond acceptors (Lipinski definition) is 6. The lowest BCUT2D eigenvalue weighted by Crippen LogP contribution is -2.01. The van der Waals surface area contributed by atoms with Gasteiger partial charge in [0.25, 0.3) is 0 Å². The summed E-state index contributed by atoms with van der Waals surface area (Å²) in [5, 5.41) is 13.8. The zero-order valence-electron chi connectivity index (χ0n) is 12.0. The Morgan fingerprint density at radius 1 is 1.48 bits per heavy atom. The van der Waals surface area contributed by atoms with Gasteiger partial charge in [-0.25, -0.2) is 4.98 Å². The second-order valence-electron chi connectivity index (χ2n) is 4.52. The molecule has 0 fully saturated rings. The molecular weight excluding hydrogens is 292 g/mol. The van der Waals surface area contributed by atoms with Gasteiger partial charge in [-0.15, -0.1) is 11.3 Å². The number of thiazole rings is 1. The van der Waals surface area contributed by atoms with E-state index in [0.29, 0.717) is 5.56 Å². The first-order valence-electron chi connectivity index (χ1n) is 6.36. The number of aryl methyl sites for hydroxylation is 1. The summed E-state index contributed by atoms with van der Waals surface area (Å²) in [6.45, 7) is 3.79. The van der Waals surface area contributed by atoms with Gasteiger partial charge >= 0.3 is 5.69 Å². The zero-order valence-corrected chi connectivity index (χ0v) is 12.8. The van der Waals surface area contributed by atoms with Gasteiger partial charge in [0.15, 0.2) is 5.75 Å². The van der Waals surface area contributed by atoms with Crippen molar-refractivity contribution in [2.75, 3.05) is 7.11 Å². The summed E-state index contributed by atoms with van der Waals surface area (Å²) in [5.74, 6) is 0.259. The van der Waals surface area contributed by atoms with Crippen LogP contribution in [0.2, 0.25) is 0 Å². The van der Waals surface area contributed by atoms with E-state index in [2.05, 4.69) is 4.98 Å². The van der Waals surface area contributed by atoms with Crippen LogP contribution in [0.5, 0.6) is 5.75 Å². The normalized spacial score (nSPS) is 12.1. The number of nitro groups is 1. The number of nitrogens with zero attached hydrogens (tertiary/aromatic N) is 2. The van der Waals surface area contributed by atoms with E-state index in [1.54, 1.807) is 32.2 Å². The maximum atomic E-state index is 11.1. The minimum atomic E-state index is -0.426. The number of aromatic nitrogens is 1. The second kappa shape index (κ2) is 6.64. The Morgan fingerprint density at radius 2 is 2.24 bits per heavy atom. The van der Waals surface area contributed by atoms with Crippen LogP contribution in [0, 0.1) is 17.0 Å². The summed E-state index contributed by atoms with van der Waals surface area (Å²) in [5.41, 5.74) is 1.30. The van der Waals surface area contributed by atoms with Crippen molar-refractivity contribution in [3.63, 3.8) is 0 Å². The number of benzene rings is 1. The molecule has 21 heavy (non-hydrogen) atoms. The lowest BCUT2D eigenvalue weighted by Gasteiger charge is -2.07. The third-order valence-electron chi connectivity index (χ3n) is 3.03. The summed E-state index contributed by atoms with van der Waals surface area (Å²) < 4.78 is 10.8. The van der Waals surface area contributed by atoms with Gasteiger partial charge in [-0.3, -0.25) is 10.1 Å². The fourth-order valence-corrected chi connectivity index (χ4v) is 2.65. The third-order valence-corrected chi connectivity index (χ3v) is 4.08. The summed E-state index contributed by atoms with van der Waals surface area (Å²) >= 11 is 1.48. The molecule has 1 heterocycles. The lowest BCUT2D eigenvalue weighted by atomic mass is 10.2. The first kappa shape index (κ1) is 15.4. The molecular formula is C14H16N2O4S. The Balaban J connectivity index is 2.12. The predicted octanol–water partition coefficient (Wildman–Crippen LogP) is 3.65. The van der Waals surface area contributed by atoms with Crippen molar-refractivity contribution in [2.24, 2.45) is 0 Å². The highest BCUT2D eigenvalue weighted by Crippen LogP contribution is 2.31. The smallest absolute Gasteiger partial charge is 0.313 e. The molecule has 0 radical (unpaired) electrons. The van der Waals surface area contributed by atoms with Gasteiger partial charge in [-0.1, -0.05) is 12.1 Å². The SMILES string of the molecule is CO[C@@H](C)c1nc(COc2cccc(C)c2[N+](=O)[O-])cs1. The van der Waals surface area contributed by atoms with Gasteiger partial charge in [0, 0.05) is 18.1 Å². The average molecular weight is 308 g/mol. The Kier molecular flexibility index (Phi) is 4.87. The number of methoxy groups -OCH3 is 1. The minimum absolute atomic E-state index is 0.00165. The summed E-state index contributed by atoms with van der Waals surface area (Å²) in [6.07, 6.45) is -0.0722. The van der Waals surface area contributed by atoms with Gasteiger partial charge in [-0.2, -0.15) is 0 Å². The molecule has 0 bridgehead atoms. The molecule has 0 aliphatic carbocycles. The highest BCUT2D eigenvalue weighted by molar-refractivity contribution is 7.09. The summed E-state index contributed by atoms with van der Waals surface area (Å²) in [4.78, 5) is 15.0. The monoisotopic (exact) mass is 308 g/mol. The highest BCUT2D eigenvalue weighted by Gasteiger charge is 2.18. The molecule has 6 nitrogen and oxygen atoms in total. The van der Waals surface area contributed by atoms with Gasteiger partial charge in [0.05, 0.1) is 10.6 Å². The summed E-state index contributed by atoms with van der Waals surface area (Å²) in [7, 11) is 1.62. The molecule has 0 amide bonds. The number of hydrogen-bond donors (Lipinski definition) is 0. The maximum Gasteiger partial charge on any atom is 0.313 e. The molecule has 0 aliphatic heterocycles. The maximum absolute atomic E-state index is 11.1. The van der Waals surface area contributed by atoms with E-state index in [-0.39, 0.29) is 24.1 Å². The van der Waals surface area contributed by atoms with Gasteiger partial charge in [-0.05, 0) is 19.9 Å². The Labute approximate surface area is 126 Å². The van der Waals surface area contributed by atoms with Crippen LogP contribution in [0.15, 0.2) is 23.6 Å². The molecule has 1 aromatic heterocycles. The van der Waals surface area contributed by atoms with Crippen LogP contribution in [0.3, 0.4) is 0 Å². The fraction of sp³-hybridized carbons (Fsp3) is 0.357. The van der Waals surface area contributed by atoms with E-state index < -0.39 is 4.92 Å². The van der Waals surface area contributed by atoms with Gasteiger partial charge in [0.2, 0.25) is 0 Å². The van der Waals surface area contributed by atoms with Crippen molar-refractivity contribution in [1.29, 1.82) is 0 Å². The zero-order chi connectivity index (χ0) is 15.4. The van der Waals surface area contributed by atoms with E-state index >= 15 is 0 Å². The molecule has 0 saturated heterocycles. The molecule has 0 spiro atoms. The van der Waals surface area contributed by atoms with E-state index in [1.807, 2.05) is 12.3 Å². The number of ether oxygens (including phenoxy) is 2. The fourth-order valence-electron chi connectivity index (χ4n) is 1.81. The minimum Gasteiger partial charge on any atom is -0.480 e. The molecule has 0 N–H and O–H groups in total. The largest absolute Gasteiger partial charge is 0.480 e. The number of para-hydroxylation sites is 1. The molecule has 0 unspecified atom stereocenters. The van der Waals surface area contributed by atoms with Crippen molar-refractivity contribution in [1.82, 2.24) is 4.98 Å². The first-order valence-corrected chi connectivity index (χ1v) is 7.24. The quantitative estimate of drug-likeness (QED) is 0.601. The topological polar surface area (TPSA) is 74.5 Å². The van der Waals surface area contributed by atoms with Crippen LogP contribution in [0.25, 0.3) is 0 Å². The molecule has 2 aromatic rings. The van der Waals surface area contributed by atoms with Crippen molar-refractivity contribution in [3.05, 3.63) is 50.0 Å². The van der Waals surface area contributed by atoms with Crippen LogP contribution in [-0.2, 0) is 11.3 Å².